The molecular weight excluding hydrogens is 186 g/mol. The van der Waals surface area contributed by atoms with Crippen LogP contribution >= 0.6 is 11.6 Å². The van der Waals surface area contributed by atoms with Crippen molar-refractivity contribution in [3.8, 4) is 0 Å². The van der Waals surface area contributed by atoms with E-state index in [0.717, 1.165) is 11.3 Å². The summed E-state index contributed by atoms with van der Waals surface area (Å²) in [6.07, 6.45) is 0. The molecule has 1 aliphatic rings. The lowest BCUT2D eigenvalue weighted by atomic mass is 9.98. The Morgan fingerprint density at radius 1 is 1.62 bits per heavy atom. The number of nitrogens with one attached hydrogen (secondary N) is 1. The van der Waals surface area contributed by atoms with Crippen LogP contribution in [0.3, 0.4) is 0 Å². The minimum Gasteiger partial charge on any atom is -0.384 e. The molecular formula is C10H10ClNO. The molecule has 0 saturated heterocycles. The maximum atomic E-state index is 11.3. The van der Waals surface area contributed by atoms with Crippen LogP contribution in [0.1, 0.15) is 18.4 Å². The molecule has 68 valence electrons. The fourth-order valence-corrected chi connectivity index (χ4v) is 2.01. The molecule has 0 spiro atoms. The van der Waals surface area contributed by atoms with Crippen LogP contribution in [0.25, 0.3) is 0 Å². The lowest BCUT2D eigenvalue weighted by molar-refractivity contribution is -0.118. The smallest absolute Gasteiger partial charge is 0.139 e. The van der Waals surface area contributed by atoms with E-state index in [1.807, 2.05) is 18.2 Å². The van der Waals surface area contributed by atoms with Gasteiger partial charge in [0.1, 0.15) is 5.78 Å². The lowest BCUT2D eigenvalue weighted by Crippen LogP contribution is -2.10. The zero-order chi connectivity index (χ0) is 9.42. The van der Waals surface area contributed by atoms with E-state index in [0.29, 0.717) is 11.6 Å². The highest BCUT2D eigenvalue weighted by Gasteiger charge is 2.27. The average molecular weight is 196 g/mol. The average Bonchev–Trinajstić information content (AvgIpc) is 2.49. The molecule has 1 aliphatic heterocycles. The molecule has 1 aromatic carbocycles. The molecule has 0 radical (unpaired) electrons. The van der Waals surface area contributed by atoms with E-state index < -0.39 is 0 Å². The number of ketones is 1. The molecule has 1 heterocycles. The van der Waals surface area contributed by atoms with Gasteiger partial charge in [0.15, 0.2) is 0 Å². The van der Waals surface area contributed by atoms with Gasteiger partial charge < -0.3 is 5.32 Å². The number of benzene rings is 1. The second-order valence-corrected chi connectivity index (χ2v) is 3.65. The highest BCUT2D eigenvalue weighted by molar-refractivity contribution is 6.32. The number of carbonyl (C=O) groups excluding carboxylic acids is 1. The van der Waals surface area contributed by atoms with Gasteiger partial charge in [-0.25, -0.2) is 0 Å². The number of Topliss-reactive ketones (excluding diaryl/α,β-unsaturated/α-hetero) is 1. The third-order valence-corrected chi connectivity index (χ3v) is 2.72. The van der Waals surface area contributed by atoms with Gasteiger partial charge in [-0.1, -0.05) is 17.7 Å². The molecule has 0 fully saturated rings. The van der Waals surface area contributed by atoms with E-state index in [-0.39, 0.29) is 11.7 Å². The van der Waals surface area contributed by atoms with Crippen molar-refractivity contribution in [1.82, 2.24) is 0 Å². The number of rotatable bonds is 1. The van der Waals surface area contributed by atoms with Crippen LogP contribution in [-0.4, -0.2) is 12.3 Å². The van der Waals surface area contributed by atoms with Crippen molar-refractivity contribution in [3.63, 3.8) is 0 Å². The number of hydrogen-bond acceptors (Lipinski definition) is 2. The summed E-state index contributed by atoms with van der Waals surface area (Å²) in [5.41, 5.74) is 1.95. The zero-order valence-electron chi connectivity index (χ0n) is 7.30. The Morgan fingerprint density at radius 3 is 3.08 bits per heavy atom. The number of halogens is 1. The summed E-state index contributed by atoms with van der Waals surface area (Å²) in [6.45, 7) is 2.28. The normalized spacial score (nSPS) is 19.4. The first kappa shape index (κ1) is 8.57. The Hall–Kier alpha value is -1.02. The molecule has 1 aromatic rings. The first-order chi connectivity index (χ1) is 6.20. The van der Waals surface area contributed by atoms with E-state index in [4.69, 9.17) is 11.6 Å². The number of hydrogen-bond donors (Lipinski definition) is 1. The molecule has 0 aliphatic carbocycles. The molecule has 0 bridgehead atoms. The fourth-order valence-electron chi connectivity index (χ4n) is 1.71. The SMILES string of the molecule is CC(=O)C1CNc2cccc(Cl)c21. The first-order valence-corrected chi connectivity index (χ1v) is 4.60. The Bertz CT molecular complexity index is 362. The van der Waals surface area contributed by atoms with Crippen LogP contribution in [-0.2, 0) is 4.79 Å². The maximum absolute atomic E-state index is 11.3. The fraction of sp³-hybridized carbons (Fsp3) is 0.300. The minimum absolute atomic E-state index is 0.0660. The highest BCUT2D eigenvalue weighted by Crippen LogP contribution is 2.36. The summed E-state index contributed by atoms with van der Waals surface area (Å²) in [5.74, 6) is 0.100. The van der Waals surface area contributed by atoms with Gasteiger partial charge in [-0.2, -0.15) is 0 Å². The van der Waals surface area contributed by atoms with Gasteiger partial charge in [-0.3, -0.25) is 4.79 Å². The summed E-state index contributed by atoms with van der Waals surface area (Å²) in [6, 6.07) is 5.66. The van der Waals surface area contributed by atoms with Crippen molar-refractivity contribution in [2.45, 2.75) is 12.8 Å². The van der Waals surface area contributed by atoms with E-state index >= 15 is 0 Å². The third-order valence-electron chi connectivity index (χ3n) is 2.39. The molecule has 3 heteroatoms. The maximum Gasteiger partial charge on any atom is 0.139 e. The van der Waals surface area contributed by atoms with Crippen LogP contribution < -0.4 is 5.32 Å². The Kier molecular flexibility index (Phi) is 2.00. The number of anilines is 1. The zero-order valence-corrected chi connectivity index (χ0v) is 8.06. The monoisotopic (exact) mass is 195 g/mol. The summed E-state index contributed by atoms with van der Waals surface area (Å²) in [5, 5.41) is 3.85. The summed E-state index contributed by atoms with van der Waals surface area (Å²) < 4.78 is 0. The first-order valence-electron chi connectivity index (χ1n) is 4.23. The van der Waals surface area contributed by atoms with Gasteiger partial charge in [-0.05, 0) is 19.1 Å². The molecule has 1 atom stereocenters. The second-order valence-electron chi connectivity index (χ2n) is 3.25. The predicted molar refractivity (Wildman–Crippen MR) is 53.4 cm³/mol. The molecule has 13 heavy (non-hydrogen) atoms. The van der Waals surface area contributed by atoms with Crippen molar-refractivity contribution < 1.29 is 4.79 Å². The van der Waals surface area contributed by atoms with E-state index in [2.05, 4.69) is 5.32 Å². The Morgan fingerprint density at radius 2 is 2.38 bits per heavy atom. The largest absolute Gasteiger partial charge is 0.384 e. The quantitative estimate of drug-likeness (QED) is 0.746. The molecule has 0 saturated carbocycles. The van der Waals surface area contributed by atoms with Gasteiger partial charge in [0.05, 0.1) is 5.92 Å². The van der Waals surface area contributed by atoms with Crippen LogP contribution in [0.5, 0.6) is 0 Å². The van der Waals surface area contributed by atoms with Crippen molar-refractivity contribution >= 4 is 23.1 Å². The van der Waals surface area contributed by atoms with Gasteiger partial charge >= 0.3 is 0 Å². The Labute approximate surface area is 81.9 Å². The summed E-state index contributed by atoms with van der Waals surface area (Å²) in [4.78, 5) is 11.3. The van der Waals surface area contributed by atoms with Gasteiger partial charge in [0.2, 0.25) is 0 Å². The van der Waals surface area contributed by atoms with Crippen LogP contribution in [0.15, 0.2) is 18.2 Å². The Balaban J connectivity index is 2.52. The third kappa shape index (κ3) is 1.31. The van der Waals surface area contributed by atoms with Crippen LogP contribution in [0.2, 0.25) is 5.02 Å². The number of fused-ring (bicyclic) bond motifs is 1. The second kappa shape index (κ2) is 3.04. The van der Waals surface area contributed by atoms with Gasteiger partial charge in [0, 0.05) is 22.8 Å². The van der Waals surface area contributed by atoms with E-state index in [9.17, 15) is 4.79 Å². The van der Waals surface area contributed by atoms with Crippen molar-refractivity contribution in [3.05, 3.63) is 28.8 Å². The molecule has 2 rings (SSSR count). The van der Waals surface area contributed by atoms with Crippen molar-refractivity contribution in [2.24, 2.45) is 0 Å². The lowest BCUT2D eigenvalue weighted by Gasteiger charge is -2.06. The topological polar surface area (TPSA) is 29.1 Å². The predicted octanol–water partition coefficient (Wildman–Crippen LogP) is 2.44. The number of carbonyl (C=O) groups is 1. The van der Waals surface area contributed by atoms with Crippen molar-refractivity contribution in [2.75, 3.05) is 11.9 Å². The molecule has 2 nitrogen and oxygen atoms in total. The summed E-state index contributed by atoms with van der Waals surface area (Å²) in [7, 11) is 0. The molecule has 0 amide bonds. The van der Waals surface area contributed by atoms with E-state index in [1.165, 1.54) is 0 Å². The van der Waals surface area contributed by atoms with E-state index in [1.54, 1.807) is 6.92 Å². The molecule has 0 aromatic heterocycles. The summed E-state index contributed by atoms with van der Waals surface area (Å²) >= 11 is 6.02. The standard InChI is InChI=1S/C10H10ClNO/c1-6(13)7-5-12-9-4-2-3-8(11)10(7)9/h2-4,7,12H,5H2,1H3. The minimum atomic E-state index is -0.0660. The van der Waals surface area contributed by atoms with Gasteiger partial charge in [-0.15, -0.1) is 0 Å². The highest BCUT2D eigenvalue weighted by atomic mass is 35.5. The van der Waals surface area contributed by atoms with Crippen molar-refractivity contribution in [1.29, 1.82) is 0 Å². The molecule has 1 unspecified atom stereocenters. The molecule has 1 N–H and O–H groups in total. The van der Waals surface area contributed by atoms with Crippen LogP contribution in [0, 0.1) is 0 Å². The van der Waals surface area contributed by atoms with Gasteiger partial charge in [0.25, 0.3) is 0 Å². The van der Waals surface area contributed by atoms with Crippen LogP contribution in [0.4, 0.5) is 5.69 Å².